The van der Waals surface area contributed by atoms with Crippen LogP contribution in [0.15, 0.2) is 59.2 Å². The molecule has 0 atom stereocenters. The molecule has 0 N–H and O–H groups in total. The number of carbonyl (C=O) groups is 2. The van der Waals surface area contributed by atoms with Crippen LogP contribution in [0.4, 0.5) is 0 Å². The van der Waals surface area contributed by atoms with Crippen LogP contribution in [-0.4, -0.2) is 41.0 Å². The van der Waals surface area contributed by atoms with Crippen molar-refractivity contribution in [3.05, 3.63) is 80.8 Å². The van der Waals surface area contributed by atoms with Crippen LogP contribution in [-0.2, 0) is 28.9 Å². The maximum absolute atomic E-state index is 13.3. The molecule has 0 saturated carbocycles. The molecule has 2 aromatic heterocycles. The molecule has 0 spiro atoms. The van der Waals surface area contributed by atoms with Gasteiger partial charge < -0.3 is 14.2 Å². The Bertz CT molecular complexity index is 1210. The van der Waals surface area contributed by atoms with Gasteiger partial charge in [0.1, 0.15) is 5.56 Å². The van der Waals surface area contributed by atoms with Gasteiger partial charge in [-0.3, -0.25) is 9.59 Å². The summed E-state index contributed by atoms with van der Waals surface area (Å²) in [6, 6.07) is 11.6. The van der Waals surface area contributed by atoms with Crippen molar-refractivity contribution in [1.82, 2.24) is 9.47 Å². The molecule has 186 valence electrons. The van der Waals surface area contributed by atoms with Gasteiger partial charge in [0.2, 0.25) is 5.91 Å². The fourth-order valence-corrected chi connectivity index (χ4v) is 5.04. The first-order chi connectivity index (χ1) is 17.0. The Hall–Kier alpha value is -3.19. The van der Waals surface area contributed by atoms with E-state index in [0.29, 0.717) is 32.5 Å². The first-order valence-electron chi connectivity index (χ1n) is 12.2. The van der Waals surface area contributed by atoms with E-state index in [1.165, 1.54) is 0 Å². The average molecular weight is 495 g/mol. The Kier molecular flexibility index (Phi) is 9.85. The molecular formula is C28H34N2O4S. The molecule has 0 saturated heterocycles. The molecule has 6 nitrogen and oxygen atoms in total. The topological polar surface area (TPSA) is 68.6 Å². The van der Waals surface area contributed by atoms with E-state index >= 15 is 0 Å². The molecule has 1 aromatic carbocycles. The number of aryl methyl sites for hydroxylation is 2. The number of unbranched alkanes of at least 4 members (excludes halogenated alkanes) is 1. The van der Waals surface area contributed by atoms with Gasteiger partial charge in [-0.15, -0.1) is 17.9 Å². The Morgan fingerprint density at radius 2 is 1.91 bits per heavy atom. The van der Waals surface area contributed by atoms with Crippen molar-refractivity contribution in [3.63, 3.8) is 0 Å². The zero-order valence-electron chi connectivity index (χ0n) is 20.6. The lowest BCUT2D eigenvalue weighted by Crippen LogP contribution is -2.34. The number of esters is 1. The maximum Gasteiger partial charge on any atom is 0.344 e. The lowest BCUT2D eigenvalue weighted by atomic mass is 9.97. The van der Waals surface area contributed by atoms with Gasteiger partial charge in [-0.05, 0) is 62.6 Å². The van der Waals surface area contributed by atoms with Gasteiger partial charge in [-0.1, -0.05) is 30.3 Å². The number of thiophene rings is 1. The zero-order valence-corrected chi connectivity index (χ0v) is 21.4. The smallest absolute Gasteiger partial charge is 0.344 e. The monoisotopic (exact) mass is 494 g/mol. The number of hydrogen-bond acceptors (Lipinski definition) is 5. The molecule has 7 heteroatoms. The van der Waals surface area contributed by atoms with Crippen molar-refractivity contribution in [1.29, 1.82) is 0 Å². The molecule has 0 radical (unpaired) electrons. The first kappa shape index (κ1) is 26.4. The number of pyridine rings is 1. The number of para-hydroxylation sites is 1. The largest absolute Gasteiger partial charge is 0.462 e. The van der Waals surface area contributed by atoms with Gasteiger partial charge in [-0.25, -0.2) is 4.79 Å². The summed E-state index contributed by atoms with van der Waals surface area (Å²) in [5.74, 6) is -0.461. The number of carbonyl (C=O) groups excluding carboxylic acids is 2. The molecule has 35 heavy (non-hydrogen) atoms. The highest BCUT2D eigenvalue weighted by atomic mass is 32.1. The molecule has 3 aromatic rings. The van der Waals surface area contributed by atoms with E-state index in [2.05, 4.69) is 6.58 Å². The summed E-state index contributed by atoms with van der Waals surface area (Å²) >= 11 is 1.59. The van der Waals surface area contributed by atoms with Crippen LogP contribution in [0, 0.1) is 0 Å². The highest BCUT2D eigenvalue weighted by Gasteiger charge is 2.23. The number of benzene rings is 1. The zero-order chi connectivity index (χ0) is 25.2. The average Bonchev–Trinajstić information content (AvgIpc) is 3.36. The molecule has 0 fully saturated rings. The van der Waals surface area contributed by atoms with Crippen molar-refractivity contribution in [2.24, 2.45) is 0 Å². The van der Waals surface area contributed by atoms with Crippen molar-refractivity contribution in [2.75, 3.05) is 19.7 Å². The number of hydrogen-bond donors (Lipinski definition) is 0. The summed E-state index contributed by atoms with van der Waals surface area (Å²) in [5, 5.41) is 2.88. The highest BCUT2D eigenvalue weighted by molar-refractivity contribution is 7.10. The molecule has 0 aliphatic rings. The molecular weight excluding hydrogens is 460 g/mol. The third-order valence-corrected chi connectivity index (χ3v) is 6.92. The van der Waals surface area contributed by atoms with Crippen LogP contribution in [0.25, 0.3) is 10.9 Å². The molecule has 2 heterocycles. The van der Waals surface area contributed by atoms with Crippen LogP contribution in [0.2, 0.25) is 0 Å². The van der Waals surface area contributed by atoms with Crippen molar-refractivity contribution in [3.8, 4) is 0 Å². The van der Waals surface area contributed by atoms with Gasteiger partial charge in [-0.2, -0.15) is 0 Å². The highest BCUT2D eigenvalue weighted by Crippen LogP contribution is 2.23. The third-order valence-electron chi connectivity index (χ3n) is 6.04. The van der Waals surface area contributed by atoms with Crippen LogP contribution in [0.1, 0.15) is 53.9 Å². The SMILES string of the molecule is C=CCCN(CCCCc1c(C(=O)OCC)c(=O)n(CC)c2ccccc12)C(=O)Cc1cccs1. The van der Waals surface area contributed by atoms with E-state index in [4.69, 9.17) is 4.74 Å². The van der Waals surface area contributed by atoms with Gasteiger partial charge in [0.15, 0.2) is 0 Å². The Balaban J connectivity index is 1.80. The number of fused-ring (bicyclic) bond motifs is 1. The van der Waals surface area contributed by atoms with Crippen LogP contribution >= 0.6 is 11.3 Å². The Morgan fingerprint density at radius 3 is 2.60 bits per heavy atom. The lowest BCUT2D eigenvalue weighted by molar-refractivity contribution is -0.130. The number of amides is 1. The van der Waals surface area contributed by atoms with E-state index in [9.17, 15) is 14.4 Å². The second-order valence-corrected chi connectivity index (χ2v) is 9.34. The Morgan fingerprint density at radius 1 is 1.11 bits per heavy atom. The van der Waals surface area contributed by atoms with Crippen molar-refractivity contribution < 1.29 is 14.3 Å². The molecule has 1 amide bonds. The van der Waals surface area contributed by atoms with E-state index in [1.54, 1.807) is 22.8 Å². The van der Waals surface area contributed by atoms with E-state index in [1.807, 2.05) is 59.7 Å². The van der Waals surface area contributed by atoms with E-state index in [0.717, 1.165) is 40.6 Å². The number of nitrogens with zero attached hydrogens (tertiary/aromatic N) is 2. The van der Waals surface area contributed by atoms with Gasteiger partial charge in [0, 0.05) is 29.9 Å². The minimum atomic E-state index is -0.570. The van der Waals surface area contributed by atoms with Gasteiger partial charge in [0.25, 0.3) is 5.56 Å². The fraction of sp³-hybridized carbons (Fsp3) is 0.393. The quantitative estimate of drug-likeness (QED) is 0.185. The predicted molar refractivity (Wildman–Crippen MR) is 142 cm³/mol. The standard InChI is InChI=1S/C28H34N2O4S/c1-4-7-17-29(25(31)20-21-13-12-19-35-21)18-11-10-15-23-22-14-8-9-16-24(22)30(5-2)27(32)26(23)28(33)34-6-3/h4,8-9,12-14,16,19H,1,5-7,10-11,15,17-18,20H2,2-3H3. The molecule has 0 aliphatic carbocycles. The summed E-state index contributed by atoms with van der Waals surface area (Å²) < 4.78 is 6.88. The lowest BCUT2D eigenvalue weighted by Gasteiger charge is -2.22. The van der Waals surface area contributed by atoms with Gasteiger partial charge in [0.05, 0.1) is 18.5 Å². The third kappa shape index (κ3) is 6.48. The van der Waals surface area contributed by atoms with Crippen LogP contribution < -0.4 is 5.56 Å². The number of rotatable bonds is 13. The summed E-state index contributed by atoms with van der Waals surface area (Å²) in [6.45, 7) is 9.36. The van der Waals surface area contributed by atoms with Crippen LogP contribution in [0.3, 0.4) is 0 Å². The predicted octanol–water partition coefficient (Wildman–Crippen LogP) is 5.23. The number of ether oxygens (including phenoxy) is 1. The second kappa shape index (κ2) is 13.0. The Labute approximate surface area is 210 Å². The van der Waals surface area contributed by atoms with Crippen molar-refractivity contribution in [2.45, 2.75) is 52.5 Å². The molecule has 3 rings (SSSR count). The molecule has 0 unspecified atom stereocenters. The summed E-state index contributed by atoms with van der Waals surface area (Å²) in [6.07, 6.45) is 5.03. The van der Waals surface area contributed by atoms with E-state index < -0.39 is 5.97 Å². The summed E-state index contributed by atoms with van der Waals surface area (Å²) in [7, 11) is 0. The molecule has 0 aliphatic heterocycles. The van der Waals surface area contributed by atoms with Crippen molar-refractivity contribution >= 4 is 34.1 Å². The van der Waals surface area contributed by atoms with Gasteiger partial charge >= 0.3 is 5.97 Å². The summed E-state index contributed by atoms with van der Waals surface area (Å²) in [4.78, 5) is 41.9. The van der Waals surface area contributed by atoms with Crippen LogP contribution in [0.5, 0.6) is 0 Å². The molecule has 0 bridgehead atoms. The normalized spacial score (nSPS) is 10.9. The fourth-order valence-electron chi connectivity index (χ4n) is 4.35. The summed E-state index contributed by atoms with van der Waals surface area (Å²) in [5.41, 5.74) is 1.38. The minimum Gasteiger partial charge on any atom is -0.462 e. The van der Waals surface area contributed by atoms with E-state index in [-0.39, 0.29) is 23.6 Å². The first-order valence-corrected chi connectivity index (χ1v) is 13.1. The number of aromatic nitrogens is 1. The second-order valence-electron chi connectivity index (χ2n) is 8.31. The minimum absolute atomic E-state index is 0.109. The maximum atomic E-state index is 13.3.